The van der Waals surface area contributed by atoms with Gasteiger partial charge in [-0.25, -0.2) is 4.98 Å². The number of nitrogens with zero attached hydrogens (tertiary/aromatic N) is 2. The number of rotatable bonds is 2. The Balaban J connectivity index is 2.73. The highest BCUT2D eigenvalue weighted by atomic mass is 16.3. The lowest BCUT2D eigenvalue weighted by Crippen LogP contribution is -2.00. The maximum absolute atomic E-state index is 9.78. The third kappa shape index (κ3) is 1.83. The van der Waals surface area contributed by atoms with Gasteiger partial charge in [0.05, 0.1) is 11.8 Å². The summed E-state index contributed by atoms with van der Waals surface area (Å²) in [5.74, 6) is 0.449. The molecule has 2 aromatic rings. The predicted molar refractivity (Wildman–Crippen MR) is 64.7 cm³/mol. The molecule has 0 fully saturated rings. The normalized spacial score (nSPS) is 13.6. The first-order valence-electron chi connectivity index (χ1n) is 5.66. The fraction of sp³-hybridized carbons (Fsp3) is 0.462. The molecule has 1 unspecified atom stereocenters. The van der Waals surface area contributed by atoms with Gasteiger partial charge in [-0.2, -0.15) is 0 Å². The van der Waals surface area contributed by atoms with Crippen molar-refractivity contribution < 1.29 is 5.11 Å². The molecular weight excluding hydrogens is 200 g/mol. The number of aromatic nitrogens is 2. The summed E-state index contributed by atoms with van der Waals surface area (Å²) in [6, 6.07) is 2.05. The zero-order valence-corrected chi connectivity index (χ0v) is 10.2. The van der Waals surface area contributed by atoms with Gasteiger partial charge < -0.3 is 9.51 Å². The molecule has 1 atom stereocenters. The van der Waals surface area contributed by atoms with Crippen molar-refractivity contribution in [1.29, 1.82) is 0 Å². The number of imidazole rings is 1. The quantitative estimate of drug-likeness (QED) is 0.841. The van der Waals surface area contributed by atoms with E-state index in [1.807, 2.05) is 17.5 Å². The summed E-state index contributed by atoms with van der Waals surface area (Å²) in [7, 11) is 0. The van der Waals surface area contributed by atoms with Crippen LogP contribution in [0.25, 0.3) is 5.65 Å². The predicted octanol–water partition coefficient (Wildman–Crippen LogP) is 2.82. The van der Waals surface area contributed by atoms with Gasteiger partial charge in [-0.05, 0) is 31.4 Å². The summed E-state index contributed by atoms with van der Waals surface area (Å²) in [6.45, 7) is 8.05. The Morgan fingerprint density at radius 1 is 1.25 bits per heavy atom. The number of hydrogen-bond donors (Lipinski definition) is 1. The maximum atomic E-state index is 9.78. The van der Waals surface area contributed by atoms with E-state index in [1.165, 1.54) is 5.56 Å². The maximum Gasteiger partial charge on any atom is 0.142 e. The summed E-state index contributed by atoms with van der Waals surface area (Å²) < 4.78 is 2.01. The number of pyridine rings is 1. The number of aliphatic hydroxyl groups excluding tert-OH is 1. The van der Waals surface area contributed by atoms with Gasteiger partial charge in [0.25, 0.3) is 0 Å². The molecule has 0 aliphatic rings. The lowest BCUT2D eigenvalue weighted by molar-refractivity contribution is 0.200. The van der Waals surface area contributed by atoms with Crippen molar-refractivity contribution in [2.75, 3.05) is 0 Å². The number of aryl methyl sites for hydroxylation is 1. The summed E-state index contributed by atoms with van der Waals surface area (Å²) >= 11 is 0. The summed E-state index contributed by atoms with van der Waals surface area (Å²) in [6.07, 6.45) is 3.60. The minimum Gasteiger partial charge on any atom is -0.389 e. The van der Waals surface area contributed by atoms with Gasteiger partial charge in [-0.1, -0.05) is 13.8 Å². The van der Waals surface area contributed by atoms with E-state index in [4.69, 9.17) is 0 Å². The molecule has 0 aliphatic heterocycles. The molecule has 0 amide bonds. The van der Waals surface area contributed by atoms with Crippen molar-refractivity contribution in [2.24, 2.45) is 0 Å². The van der Waals surface area contributed by atoms with Gasteiger partial charge in [0.2, 0.25) is 0 Å². The number of hydrogen-bond acceptors (Lipinski definition) is 2. The Labute approximate surface area is 95.8 Å². The zero-order chi connectivity index (χ0) is 11.9. The largest absolute Gasteiger partial charge is 0.389 e. The van der Waals surface area contributed by atoms with Crippen LogP contribution in [0.2, 0.25) is 0 Å². The molecule has 3 nitrogen and oxygen atoms in total. The topological polar surface area (TPSA) is 37.5 Å². The Morgan fingerprint density at radius 3 is 2.50 bits per heavy atom. The smallest absolute Gasteiger partial charge is 0.142 e. The molecule has 0 bridgehead atoms. The second-order valence-corrected chi connectivity index (χ2v) is 4.67. The van der Waals surface area contributed by atoms with E-state index < -0.39 is 6.10 Å². The Kier molecular flexibility index (Phi) is 2.72. The molecule has 0 saturated heterocycles. The number of aliphatic hydroxyl groups is 1. The minimum absolute atomic E-state index is 0.449. The average molecular weight is 218 g/mol. The van der Waals surface area contributed by atoms with Crippen molar-refractivity contribution in [3.8, 4) is 0 Å². The van der Waals surface area contributed by atoms with Gasteiger partial charge in [-0.15, -0.1) is 0 Å². The molecule has 0 radical (unpaired) electrons. The molecule has 0 saturated carbocycles. The van der Waals surface area contributed by atoms with Crippen LogP contribution in [0, 0.1) is 6.92 Å². The lowest BCUT2D eigenvalue weighted by Gasteiger charge is -2.12. The highest BCUT2D eigenvalue weighted by Crippen LogP contribution is 2.24. The Morgan fingerprint density at radius 2 is 1.94 bits per heavy atom. The van der Waals surface area contributed by atoms with Crippen molar-refractivity contribution in [1.82, 2.24) is 9.38 Å². The lowest BCUT2D eigenvalue weighted by atomic mass is 10.0. The SMILES string of the molecule is Cc1cn2cc(C(C)C)cc(C(C)O)c2n1. The van der Waals surface area contributed by atoms with E-state index in [-0.39, 0.29) is 0 Å². The first-order valence-corrected chi connectivity index (χ1v) is 5.66. The molecule has 2 aromatic heterocycles. The molecule has 1 N–H and O–H groups in total. The minimum atomic E-state index is -0.483. The van der Waals surface area contributed by atoms with Crippen LogP contribution >= 0.6 is 0 Å². The Bertz CT molecular complexity index is 512. The molecular formula is C13H18N2O. The second kappa shape index (κ2) is 3.91. The fourth-order valence-corrected chi connectivity index (χ4v) is 1.89. The summed E-state index contributed by atoms with van der Waals surface area (Å²) in [4.78, 5) is 4.44. The van der Waals surface area contributed by atoms with Crippen LogP contribution in [0.15, 0.2) is 18.5 Å². The number of fused-ring (bicyclic) bond motifs is 1. The average Bonchev–Trinajstić information content (AvgIpc) is 2.55. The van der Waals surface area contributed by atoms with E-state index in [0.717, 1.165) is 16.9 Å². The van der Waals surface area contributed by atoms with Crippen LogP contribution in [-0.4, -0.2) is 14.5 Å². The molecule has 0 aliphatic carbocycles. The van der Waals surface area contributed by atoms with E-state index >= 15 is 0 Å². The second-order valence-electron chi connectivity index (χ2n) is 4.67. The van der Waals surface area contributed by atoms with Crippen molar-refractivity contribution in [2.45, 2.75) is 39.7 Å². The van der Waals surface area contributed by atoms with E-state index in [9.17, 15) is 5.11 Å². The molecule has 3 heteroatoms. The standard InChI is InChI=1S/C13H18N2O/c1-8(2)11-5-12(10(4)16)13-14-9(3)6-15(13)7-11/h5-8,10,16H,1-4H3. The zero-order valence-electron chi connectivity index (χ0n) is 10.2. The van der Waals surface area contributed by atoms with E-state index in [2.05, 4.69) is 31.1 Å². The third-order valence-corrected chi connectivity index (χ3v) is 2.84. The molecule has 16 heavy (non-hydrogen) atoms. The highest BCUT2D eigenvalue weighted by molar-refractivity contribution is 5.51. The fourth-order valence-electron chi connectivity index (χ4n) is 1.89. The van der Waals surface area contributed by atoms with Crippen LogP contribution in [0.5, 0.6) is 0 Å². The van der Waals surface area contributed by atoms with Crippen LogP contribution in [-0.2, 0) is 0 Å². The molecule has 86 valence electrons. The molecule has 0 aromatic carbocycles. The van der Waals surface area contributed by atoms with Gasteiger partial charge in [0.15, 0.2) is 0 Å². The van der Waals surface area contributed by atoms with Gasteiger partial charge in [0.1, 0.15) is 5.65 Å². The molecule has 2 heterocycles. The monoisotopic (exact) mass is 218 g/mol. The van der Waals surface area contributed by atoms with Gasteiger partial charge in [-0.3, -0.25) is 0 Å². The molecule has 2 rings (SSSR count). The summed E-state index contributed by atoms with van der Waals surface area (Å²) in [5, 5.41) is 9.78. The van der Waals surface area contributed by atoms with Crippen molar-refractivity contribution in [3.63, 3.8) is 0 Å². The van der Waals surface area contributed by atoms with Crippen LogP contribution in [0.1, 0.15) is 49.6 Å². The van der Waals surface area contributed by atoms with Crippen LogP contribution in [0.3, 0.4) is 0 Å². The molecule has 0 spiro atoms. The van der Waals surface area contributed by atoms with Gasteiger partial charge >= 0.3 is 0 Å². The van der Waals surface area contributed by atoms with Gasteiger partial charge in [0, 0.05) is 18.0 Å². The van der Waals surface area contributed by atoms with E-state index in [0.29, 0.717) is 5.92 Å². The first-order chi connectivity index (χ1) is 7.49. The summed E-state index contributed by atoms with van der Waals surface area (Å²) in [5.41, 5.74) is 3.96. The highest BCUT2D eigenvalue weighted by Gasteiger charge is 2.12. The van der Waals surface area contributed by atoms with Crippen LogP contribution in [0.4, 0.5) is 0 Å². The van der Waals surface area contributed by atoms with E-state index in [1.54, 1.807) is 6.92 Å². The Hall–Kier alpha value is -1.35. The van der Waals surface area contributed by atoms with Crippen molar-refractivity contribution in [3.05, 3.63) is 35.3 Å². The first kappa shape index (κ1) is 11.1. The van der Waals surface area contributed by atoms with Crippen molar-refractivity contribution >= 4 is 5.65 Å². The third-order valence-electron chi connectivity index (χ3n) is 2.84. The van der Waals surface area contributed by atoms with Crippen LogP contribution < -0.4 is 0 Å².